The van der Waals surface area contributed by atoms with E-state index in [2.05, 4.69) is 15.6 Å². The second-order valence-corrected chi connectivity index (χ2v) is 8.33. The number of carbonyl (C=O) groups is 3. The Hall–Kier alpha value is -3.30. The van der Waals surface area contributed by atoms with E-state index in [-0.39, 0.29) is 19.0 Å². The third-order valence-electron chi connectivity index (χ3n) is 4.65. The minimum Gasteiger partial charge on any atom is -0.346 e. The molecule has 1 heterocycles. The van der Waals surface area contributed by atoms with E-state index in [4.69, 9.17) is 5.73 Å². The summed E-state index contributed by atoms with van der Waals surface area (Å²) in [5.41, 5.74) is 8.78. The van der Waals surface area contributed by atoms with Crippen molar-refractivity contribution in [3.05, 3.63) is 59.7 Å². The second-order valence-electron chi connectivity index (χ2n) is 7.30. The van der Waals surface area contributed by atoms with Crippen LogP contribution in [-0.2, 0) is 20.8 Å². The van der Waals surface area contributed by atoms with Crippen molar-refractivity contribution in [2.45, 2.75) is 19.4 Å². The van der Waals surface area contributed by atoms with E-state index in [9.17, 15) is 14.4 Å². The number of hydrogen-bond acceptors (Lipinski definition) is 6. The monoisotopic (exact) mass is 439 g/mol. The number of fused-ring (bicyclic) bond motifs is 1. The quantitative estimate of drug-likeness (QED) is 0.494. The van der Waals surface area contributed by atoms with Crippen LogP contribution in [0.3, 0.4) is 0 Å². The Morgan fingerprint density at radius 1 is 1.16 bits per heavy atom. The molecule has 162 valence electrons. The molecule has 8 nitrogen and oxygen atoms in total. The van der Waals surface area contributed by atoms with E-state index in [0.29, 0.717) is 11.6 Å². The van der Waals surface area contributed by atoms with Crippen molar-refractivity contribution < 1.29 is 14.4 Å². The van der Waals surface area contributed by atoms with Crippen LogP contribution >= 0.6 is 11.3 Å². The Kier molecular flexibility index (Phi) is 7.32. The Morgan fingerprint density at radius 3 is 2.65 bits per heavy atom. The van der Waals surface area contributed by atoms with Crippen LogP contribution in [0.5, 0.6) is 0 Å². The predicted octanol–water partition coefficient (Wildman–Crippen LogP) is 1.69. The molecular weight excluding hydrogens is 414 g/mol. The largest absolute Gasteiger partial charge is 0.346 e. The zero-order valence-electron chi connectivity index (χ0n) is 17.4. The summed E-state index contributed by atoms with van der Waals surface area (Å²) in [6, 6.07) is 14.5. The Morgan fingerprint density at radius 2 is 1.90 bits per heavy atom. The van der Waals surface area contributed by atoms with E-state index < -0.39 is 17.9 Å². The lowest BCUT2D eigenvalue weighted by atomic mass is 10.1. The van der Waals surface area contributed by atoms with Crippen molar-refractivity contribution in [2.24, 2.45) is 5.73 Å². The summed E-state index contributed by atoms with van der Waals surface area (Å²) < 4.78 is 0.981. The summed E-state index contributed by atoms with van der Waals surface area (Å²) in [7, 11) is 1.50. The maximum absolute atomic E-state index is 12.3. The highest BCUT2D eigenvalue weighted by Gasteiger charge is 2.18. The number of likely N-dealkylation sites (N-methyl/N-ethyl adjacent to an activating group) is 1. The van der Waals surface area contributed by atoms with Crippen molar-refractivity contribution >= 4 is 44.4 Å². The molecule has 1 atom stereocenters. The predicted molar refractivity (Wildman–Crippen MR) is 122 cm³/mol. The van der Waals surface area contributed by atoms with Gasteiger partial charge in [0.2, 0.25) is 17.7 Å². The van der Waals surface area contributed by atoms with Crippen LogP contribution in [0, 0.1) is 6.92 Å². The third-order valence-corrected chi connectivity index (χ3v) is 5.58. The molecule has 1 unspecified atom stereocenters. The van der Waals surface area contributed by atoms with Gasteiger partial charge in [0.1, 0.15) is 0 Å². The molecule has 0 spiro atoms. The summed E-state index contributed by atoms with van der Waals surface area (Å²) in [5.74, 6) is -1.17. The molecule has 0 aliphatic carbocycles. The van der Waals surface area contributed by atoms with Gasteiger partial charge < -0.3 is 21.3 Å². The van der Waals surface area contributed by atoms with Gasteiger partial charge in [-0.1, -0.05) is 47.7 Å². The summed E-state index contributed by atoms with van der Waals surface area (Å²) >= 11 is 1.38. The van der Waals surface area contributed by atoms with Crippen molar-refractivity contribution in [3.8, 4) is 0 Å². The first kappa shape index (κ1) is 22.4. The van der Waals surface area contributed by atoms with Crippen LogP contribution < -0.4 is 16.4 Å². The molecule has 3 amide bonds. The van der Waals surface area contributed by atoms with Crippen LogP contribution in [0.1, 0.15) is 11.1 Å². The molecule has 31 heavy (non-hydrogen) atoms. The van der Waals surface area contributed by atoms with Gasteiger partial charge in [-0.25, -0.2) is 4.98 Å². The van der Waals surface area contributed by atoms with Crippen LogP contribution in [0.15, 0.2) is 48.5 Å². The van der Waals surface area contributed by atoms with Gasteiger partial charge in [-0.2, -0.15) is 0 Å². The average molecular weight is 440 g/mol. The highest BCUT2D eigenvalue weighted by molar-refractivity contribution is 7.22. The number of thiazole rings is 1. The lowest BCUT2D eigenvalue weighted by Crippen LogP contribution is -2.47. The topological polar surface area (TPSA) is 117 Å². The van der Waals surface area contributed by atoms with Crippen LogP contribution in [0.25, 0.3) is 10.2 Å². The summed E-state index contributed by atoms with van der Waals surface area (Å²) in [6.45, 7) is 1.61. The van der Waals surface area contributed by atoms with Gasteiger partial charge in [-0.05, 0) is 36.6 Å². The molecule has 2 aromatic carbocycles. The highest BCUT2D eigenvalue weighted by atomic mass is 32.1. The van der Waals surface area contributed by atoms with Gasteiger partial charge in [0, 0.05) is 7.05 Å². The lowest BCUT2D eigenvalue weighted by molar-refractivity contribution is -0.134. The van der Waals surface area contributed by atoms with Crippen molar-refractivity contribution in [2.75, 3.05) is 25.5 Å². The maximum Gasteiger partial charge on any atom is 0.245 e. The molecule has 0 fully saturated rings. The maximum atomic E-state index is 12.3. The molecule has 0 radical (unpaired) electrons. The number of amides is 3. The standard InChI is InChI=1S/C22H25N5O3S/c1-14-8-9-17-18(10-14)31-22(25-17)26-19(28)13-27(2)20(29)12-24-21(30)16(23)11-15-6-4-3-5-7-15/h3-10,16H,11-13,23H2,1-2H3,(H,24,30)(H,25,26,28). The molecule has 3 aromatic rings. The van der Waals surface area contributed by atoms with Gasteiger partial charge in [-0.3, -0.25) is 14.4 Å². The van der Waals surface area contributed by atoms with Gasteiger partial charge in [0.05, 0.1) is 29.3 Å². The fourth-order valence-electron chi connectivity index (χ4n) is 2.94. The zero-order chi connectivity index (χ0) is 22.4. The number of carbonyl (C=O) groups excluding carboxylic acids is 3. The van der Waals surface area contributed by atoms with Crippen molar-refractivity contribution in [3.63, 3.8) is 0 Å². The number of aryl methyl sites for hydroxylation is 1. The summed E-state index contributed by atoms with van der Waals surface area (Å²) in [5, 5.41) is 5.72. The molecule has 0 saturated heterocycles. The zero-order valence-corrected chi connectivity index (χ0v) is 18.2. The summed E-state index contributed by atoms with van der Waals surface area (Å²) in [4.78, 5) is 42.3. The smallest absolute Gasteiger partial charge is 0.245 e. The number of rotatable bonds is 8. The molecule has 9 heteroatoms. The normalized spacial score (nSPS) is 11.7. The SMILES string of the molecule is Cc1ccc2nc(NC(=O)CN(C)C(=O)CNC(=O)C(N)Cc3ccccc3)sc2c1. The number of nitrogens with one attached hydrogen (secondary N) is 2. The van der Waals surface area contributed by atoms with E-state index >= 15 is 0 Å². The molecule has 0 aliphatic heterocycles. The number of benzene rings is 2. The highest BCUT2D eigenvalue weighted by Crippen LogP contribution is 2.26. The molecular formula is C22H25N5O3S. The molecule has 0 aliphatic rings. The first-order valence-corrected chi connectivity index (χ1v) is 10.6. The molecule has 0 bridgehead atoms. The average Bonchev–Trinajstić information content (AvgIpc) is 3.13. The second kappa shape index (κ2) is 10.1. The minimum absolute atomic E-state index is 0.153. The summed E-state index contributed by atoms with van der Waals surface area (Å²) in [6.07, 6.45) is 0.376. The first-order valence-electron chi connectivity index (χ1n) is 9.80. The number of aromatic nitrogens is 1. The van der Waals surface area contributed by atoms with Crippen LogP contribution in [0.2, 0.25) is 0 Å². The van der Waals surface area contributed by atoms with Gasteiger partial charge in [0.15, 0.2) is 5.13 Å². The number of nitrogens with zero attached hydrogens (tertiary/aromatic N) is 2. The van der Waals surface area contributed by atoms with Crippen molar-refractivity contribution in [1.82, 2.24) is 15.2 Å². The van der Waals surface area contributed by atoms with Gasteiger partial charge in [0.25, 0.3) is 0 Å². The van der Waals surface area contributed by atoms with E-state index in [0.717, 1.165) is 21.3 Å². The number of anilines is 1. The van der Waals surface area contributed by atoms with E-state index in [1.54, 1.807) is 0 Å². The Labute approximate surface area is 184 Å². The molecule has 0 saturated carbocycles. The van der Waals surface area contributed by atoms with Crippen LogP contribution in [0.4, 0.5) is 5.13 Å². The van der Waals surface area contributed by atoms with Crippen molar-refractivity contribution in [1.29, 1.82) is 0 Å². The number of nitrogens with two attached hydrogens (primary N) is 1. The van der Waals surface area contributed by atoms with Crippen LogP contribution in [-0.4, -0.2) is 53.8 Å². The minimum atomic E-state index is -0.758. The molecule has 3 rings (SSSR count). The number of hydrogen-bond donors (Lipinski definition) is 3. The molecule has 4 N–H and O–H groups in total. The van der Waals surface area contributed by atoms with E-state index in [1.165, 1.54) is 23.3 Å². The third kappa shape index (κ3) is 6.34. The van der Waals surface area contributed by atoms with Gasteiger partial charge >= 0.3 is 0 Å². The Balaban J connectivity index is 1.44. The van der Waals surface area contributed by atoms with E-state index in [1.807, 2.05) is 55.5 Å². The lowest BCUT2D eigenvalue weighted by Gasteiger charge is -2.18. The molecule has 1 aromatic heterocycles. The Bertz CT molecular complexity index is 1080. The fourth-order valence-corrected chi connectivity index (χ4v) is 3.92. The van der Waals surface area contributed by atoms with Gasteiger partial charge in [-0.15, -0.1) is 0 Å². The fraction of sp³-hybridized carbons (Fsp3) is 0.273. The first-order chi connectivity index (χ1) is 14.8.